The van der Waals surface area contributed by atoms with Crippen LogP contribution in [0.2, 0.25) is 39.3 Å². The van der Waals surface area contributed by atoms with Crippen molar-refractivity contribution in [1.29, 1.82) is 0 Å². The predicted molar refractivity (Wildman–Crippen MR) is 171 cm³/mol. The number of nitrogens with zero attached hydrogens (tertiary/aromatic N) is 1. The normalized spacial score (nSPS) is 40.2. The summed E-state index contributed by atoms with van der Waals surface area (Å²) in [5.74, 6) is 3.53. The molecule has 4 aliphatic carbocycles. The highest BCUT2D eigenvalue weighted by atomic mass is 28.4. The maximum absolute atomic E-state index is 7.02. The molecule has 4 saturated carbocycles. The van der Waals surface area contributed by atoms with Crippen LogP contribution in [0.15, 0.2) is 35.5 Å². The van der Waals surface area contributed by atoms with Gasteiger partial charge >= 0.3 is 0 Å². The van der Waals surface area contributed by atoms with Crippen LogP contribution >= 0.6 is 0 Å². The Morgan fingerprint density at radius 3 is 2.17 bits per heavy atom. The summed E-state index contributed by atoms with van der Waals surface area (Å²) in [4.78, 5) is 5.97. The Balaban J connectivity index is 1.36. The number of benzene rings is 1. The first-order chi connectivity index (χ1) is 18.7. The van der Waals surface area contributed by atoms with Crippen molar-refractivity contribution in [2.24, 2.45) is 45.6 Å². The average Bonchev–Trinajstić information content (AvgIpc) is 3.14. The fourth-order valence-electron chi connectivity index (χ4n) is 9.97. The lowest BCUT2D eigenvalue weighted by Gasteiger charge is -2.61. The molecule has 0 aromatic heterocycles. The summed E-state index contributed by atoms with van der Waals surface area (Å²) in [6, 6.07) is 10.4. The van der Waals surface area contributed by atoms with E-state index < -0.39 is 16.6 Å². The first-order valence-corrected chi connectivity index (χ1v) is 23.1. The van der Waals surface area contributed by atoms with Gasteiger partial charge in [0.25, 0.3) is 0 Å². The second-order valence-electron chi connectivity index (χ2n) is 16.3. The van der Waals surface area contributed by atoms with Gasteiger partial charge in [0.05, 0.1) is 11.8 Å². The topological polar surface area (TPSA) is 40.0 Å². The average molecular weight is 584 g/mol. The first-order valence-electron chi connectivity index (χ1n) is 16.3. The third-order valence-corrected chi connectivity index (χ3v) is 13.4. The van der Waals surface area contributed by atoms with Gasteiger partial charge in [-0.15, -0.1) is 0 Å². The number of fused-ring (bicyclic) bond motifs is 5. The fourth-order valence-corrected chi connectivity index (χ4v) is 12.3. The molecule has 0 amide bonds. The Morgan fingerprint density at radius 1 is 0.825 bits per heavy atom. The van der Waals surface area contributed by atoms with E-state index in [2.05, 4.69) is 84.3 Å². The molecule has 0 radical (unpaired) electrons. The van der Waals surface area contributed by atoms with Gasteiger partial charge in [-0.2, -0.15) is 0 Å². The van der Waals surface area contributed by atoms with Crippen LogP contribution in [0, 0.1) is 40.4 Å². The molecule has 4 aliphatic rings. The second kappa shape index (κ2) is 11.3. The second-order valence-corrected chi connectivity index (χ2v) is 25.2. The molecule has 0 bridgehead atoms. The molecular formula is C34H57NO3Si2. The van der Waals surface area contributed by atoms with Crippen LogP contribution < -0.4 is 0 Å². The van der Waals surface area contributed by atoms with E-state index in [0.717, 1.165) is 23.5 Å². The minimum absolute atomic E-state index is 0.233. The van der Waals surface area contributed by atoms with E-state index in [1.807, 2.05) is 6.07 Å². The predicted octanol–water partition coefficient (Wildman–Crippen LogP) is 9.29. The van der Waals surface area contributed by atoms with E-state index in [1.165, 1.54) is 56.9 Å². The highest BCUT2D eigenvalue weighted by molar-refractivity contribution is 6.70. The quantitative estimate of drug-likeness (QED) is 0.174. The minimum atomic E-state index is -1.71. The van der Waals surface area contributed by atoms with Crippen LogP contribution in [0.3, 0.4) is 0 Å². The monoisotopic (exact) mass is 583 g/mol. The molecule has 0 spiro atoms. The number of hydrogen-bond donors (Lipinski definition) is 0. The molecule has 1 aromatic carbocycles. The Morgan fingerprint density at radius 2 is 1.50 bits per heavy atom. The van der Waals surface area contributed by atoms with E-state index in [0.29, 0.717) is 30.0 Å². The van der Waals surface area contributed by atoms with Gasteiger partial charge in [0, 0.05) is 12.0 Å². The summed E-state index contributed by atoms with van der Waals surface area (Å²) in [6.07, 6.45) is 11.3. The van der Waals surface area contributed by atoms with Gasteiger partial charge in [0.15, 0.2) is 16.6 Å². The zero-order valence-corrected chi connectivity index (χ0v) is 29.0. The summed E-state index contributed by atoms with van der Waals surface area (Å²) in [6.45, 7) is 22.1. The van der Waals surface area contributed by atoms with Gasteiger partial charge in [-0.25, -0.2) is 0 Å². The standard InChI is InChI=1S/C34H57NO3Si2/c1-24(35-36-23-25-13-11-10-12-14-25)32-31(38-40(7,8)9)22-30-28-16-15-26-21-27(37-39(4,5)6)17-19-33(26,2)29(28)18-20-34(30,32)3/h10-14,26-32H,15-23H2,1-9H3/b35-24+/t26-,27-,28+,29-,30-,31+,32-,33-,34-/m0/s1. The zero-order chi connectivity index (χ0) is 28.9. The van der Waals surface area contributed by atoms with Gasteiger partial charge < -0.3 is 13.7 Å². The number of rotatable bonds is 8. The van der Waals surface area contributed by atoms with E-state index >= 15 is 0 Å². The van der Waals surface area contributed by atoms with Gasteiger partial charge in [-0.3, -0.25) is 0 Å². The van der Waals surface area contributed by atoms with Crippen LogP contribution in [0.5, 0.6) is 0 Å². The van der Waals surface area contributed by atoms with Crippen molar-refractivity contribution in [1.82, 2.24) is 0 Å². The van der Waals surface area contributed by atoms with Crippen LogP contribution in [0.25, 0.3) is 0 Å². The molecule has 4 fully saturated rings. The molecule has 0 aliphatic heterocycles. The lowest BCUT2D eigenvalue weighted by Crippen LogP contribution is -2.55. The maximum Gasteiger partial charge on any atom is 0.184 e. The van der Waals surface area contributed by atoms with Gasteiger partial charge in [-0.05, 0) is 138 Å². The molecular weight excluding hydrogens is 527 g/mol. The Kier molecular flexibility index (Phi) is 8.60. The minimum Gasteiger partial charge on any atom is -0.415 e. The van der Waals surface area contributed by atoms with Gasteiger partial charge in [-0.1, -0.05) is 49.3 Å². The van der Waals surface area contributed by atoms with Crippen molar-refractivity contribution in [3.63, 3.8) is 0 Å². The van der Waals surface area contributed by atoms with Crippen LogP contribution in [0.1, 0.15) is 77.7 Å². The molecule has 0 saturated heterocycles. The molecule has 40 heavy (non-hydrogen) atoms. The van der Waals surface area contributed by atoms with E-state index in [-0.39, 0.29) is 11.5 Å². The third-order valence-electron chi connectivity index (χ3n) is 11.4. The lowest BCUT2D eigenvalue weighted by atomic mass is 9.44. The summed E-state index contributed by atoms with van der Waals surface area (Å²) in [7, 11) is -3.21. The molecule has 0 heterocycles. The Labute approximate surface area is 247 Å². The number of hydrogen-bond acceptors (Lipinski definition) is 4. The van der Waals surface area contributed by atoms with Crippen LogP contribution in [-0.2, 0) is 20.3 Å². The molecule has 9 atom stereocenters. The van der Waals surface area contributed by atoms with Crippen LogP contribution in [0.4, 0.5) is 0 Å². The van der Waals surface area contributed by atoms with Gasteiger partial charge in [0.2, 0.25) is 0 Å². The smallest absolute Gasteiger partial charge is 0.184 e. The van der Waals surface area contributed by atoms with Crippen molar-refractivity contribution in [3.05, 3.63) is 35.9 Å². The highest BCUT2D eigenvalue weighted by Crippen LogP contribution is 2.68. The third kappa shape index (κ3) is 6.21. The lowest BCUT2D eigenvalue weighted by molar-refractivity contribution is -0.121. The molecule has 0 N–H and O–H groups in total. The molecule has 6 heteroatoms. The summed E-state index contributed by atoms with van der Waals surface area (Å²) >= 11 is 0. The molecule has 224 valence electrons. The summed E-state index contributed by atoms with van der Waals surface area (Å²) < 4.78 is 13.7. The van der Waals surface area contributed by atoms with Crippen molar-refractivity contribution >= 4 is 22.3 Å². The van der Waals surface area contributed by atoms with E-state index in [4.69, 9.17) is 18.8 Å². The van der Waals surface area contributed by atoms with Gasteiger partial charge in [0.1, 0.15) is 6.61 Å². The number of oxime groups is 1. The zero-order valence-electron chi connectivity index (χ0n) is 27.0. The van der Waals surface area contributed by atoms with Crippen molar-refractivity contribution < 1.29 is 13.7 Å². The van der Waals surface area contributed by atoms with Crippen molar-refractivity contribution in [2.45, 2.75) is 130 Å². The fraction of sp³-hybridized carbons (Fsp3) is 0.794. The molecule has 0 unspecified atom stereocenters. The highest BCUT2D eigenvalue weighted by Gasteiger charge is 2.63. The summed E-state index contributed by atoms with van der Waals surface area (Å²) in [5.41, 5.74) is 3.02. The van der Waals surface area contributed by atoms with Crippen molar-refractivity contribution in [3.8, 4) is 0 Å². The maximum atomic E-state index is 7.02. The first kappa shape index (κ1) is 30.5. The SMILES string of the molecule is C/C(=N\OCc1ccccc1)[C@H]1[C@H](O[Si](C)(C)C)C[C@H]2[C@@H]3CC[C@H]4C[C@@H](O[Si](C)(C)C)CC[C@]4(C)[C@H]3CC[C@@]21C. The Hall–Kier alpha value is -0.956. The molecule has 4 nitrogen and oxygen atoms in total. The van der Waals surface area contributed by atoms with Crippen molar-refractivity contribution in [2.75, 3.05) is 0 Å². The Bertz CT molecular complexity index is 1050. The van der Waals surface area contributed by atoms with E-state index in [9.17, 15) is 0 Å². The summed E-state index contributed by atoms with van der Waals surface area (Å²) in [5, 5.41) is 4.78. The molecule has 5 rings (SSSR count). The van der Waals surface area contributed by atoms with Crippen LogP contribution in [-0.4, -0.2) is 34.6 Å². The largest absolute Gasteiger partial charge is 0.415 e. The van der Waals surface area contributed by atoms with E-state index in [1.54, 1.807) is 0 Å². The molecule has 1 aromatic rings.